The number of carbonyl (C=O) groups is 2. The lowest BCUT2D eigenvalue weighted by atomic mass is 10.3. The lowest BCUT2D eigenvalue weighted by Gasteiger charge is -2.33. The summed E-state index contributed by atoms with van der Waals surface area (Å²) in [4.78, 5) is 32.1. The number of rotatable bonds is 5. The topological polar surface area (TPSA) is 109 Å². The number of nitrogens with zero attached hydrogens (tertiary/aromatic N) is 3. The van der Waals surface area contributed by atoms with Crippen LogP contribution in [0.5, 0.6) is 0 Å². The van der Waals surface area contributed by atoms with E-state index in [0.717, 1.165) is 35.6 Å². The Labute approximate surface area is 177 Å². The van der Waals surface area contributed by atoms with E-state index in [4.69, 9.17) is 4.74 Å². The highest BCUT2D eigenvalue weighted by atomic mass is 32.2. The van der Waals surface area contributed by atoms with Gasteiger partial charge in [0, 0.05) is 26.2 Å². The first-order chi connectivity index (χ1) is 14.2. The quantitative estimate of drug-likeness (QED) is 0.740. The largest absolute Gasteiger partial charge is 0.450 e. The third-order valence-electron chi connectivity index (χ3n) is 4.43. The summed E-state index contributed by atoms with van der Waals surface area (Å²) in [6.45, 7) is 5.02. The van der Waals surface area contributed by atoms with Gasteiger partial charge in [0.15, 0.2) is 5.13 Å². The molecule has 1 N–H and O–H groups in total. The number of ether oxygens (including phenoxy) is 1. The van der Waals surface area contributed by atoms with E-state index >= 15 is 0 Å². The molecule has 12 heteroatoms. The van der Waals surface area contributed by atoms with Gasteiger partial charge >= 0.3 is 6.09 Å². The van der Waals surface area contributed by atoms with Crippen LogP contribution < -0.4 is 4.72 Å². The third kappa shape index (κ3) is 4.87. The van der Waals surface area contributed by atoms with Crippen molar-refractivity contribution in [3.05, 3.63) is 40.7 Å². The number of piperazine rings is 1. The fourth-order valence-electron chi connectivity index (χ4n) is 2.88. The average molecular weight is 457 g/mol. The van der Waals surface area contributed by atoms with Gasteiger partial charge in [0.25, 0.3) is 15.9 Å². The van der Waals surface area contributed by atoms with Crippen LogP contribution in [0.2, 0.25) is 0 Å². The van der Waals surface area contributed by atoms with E-state index in [-0.39, 0.29) is 22.5 Å². The molecule has 0 atom stereocenters. The van der Waals surface area contributed by atoms with Crippen molar-refractivity contribution < 1.29 is 27.1 Å². The zero-order valence-electron chi connectivity index (χ0n) is 16.4. The number of halogens is 1. The van der Waals surface area contributed by atoms with Gasteiger partial charge in [-0.25, -0.2) is 22.6 Å². The number of thiazole rings is 1. The highest BCUT2D eigenvalue weighted by molar-refractivity contribution is 7.93. The Bertz CT molecular complexity index is 1030. The number of hydrogen-bond acceptors (Lipinski definition) is 7. The van der Waals surface area contributed by atoms with Gasteiger partial charge < -0.3 is 14.5 Å². The second kappa shape index (κ2) is 8.96. The molecule has 0 unspecified atom stereocenters. The van der Waals surface area contributed by atoms with Crippen molar-refractivity contribution in [2.75, 3.05) is 37.5 Å². The second-order valence-corrected chi connectivity index (χ2v) is 9.15. The van der Waals surface area contributed by atoms with Gasteiger partial charge in [0.05, 0.1) is 17.2 Å². The smallest absolute Gasteiger partial charge is 0.409 e. The molecule has 1 aromatic carbocycles. The number of hydrogen-bond donors (Lipinski definition) is 1. The van der Waals surface area contributed by atoms with Crippen molar-refractivity contribution >= 4 is 38.5 Å². The number of aryl methyl sites for hydroxylation is 1. The SMILES string of the molecule is CCOC(=O)N1CCN(C(=O)c2sc(NS(=O)(=O)c3ccc(F)cc3)nc2C)CC1. The monoisotopic (exact) mass is 456 g/mol. The van der Waals surface area contributed by atoms with Crippen LogP contribution in [-0.4, -0.2) is 68.0 Å². The normalized spacial score (nSPS) is 14.5. The summed E-state index contributed by atoms with van der Waals surface area (Å²) in [5.74, 6) is -0.823. The summed E-state index contributed by atoms with van der Waals surface area (Å²) in [7, 11) is -3.96. The molecule has 3 rings (SSSR count). The van der Waals surface area contributed by atoms with Gasteiger partial charge in [-0.05, 0) is 38.1 Å². The lowest BCUT2D eigenvalue weighted by Crippen LogP contribution is -2.50. The van der Waals surface area contributed by atoms with Crippen LogP contribution in [0, 0.1) is 12.7 Å². The minimum absolute atomic E-state index is 0.0466. The van der Waals surface area contributed by atoms with E-state index in [1.54, 1.807) is 18.7 Å². The fourth-order valence-corrected chi connectivity index (χ4v) is 5.05. The molecule has 30 heavy (non-hydrogen) atoms. The molecule has 9 nitrogen and oxygen atoms in total. The fraction of sp³-hybridized carbons (Fsp3) is 0.389. The number of benzene rings is 1. The van der Waals surface area contributed by atoms with Crippen LogP contribution in [0.3, 0.4) is 0 Å². The van der Waals surface area contributed by atoms with Crippen LogP contribution >= 0.6 is 11.3 Å². The second-order valence-electron chi connectivity index (χ2n) is 6.47. The van der Waals surface area contributed by atoms with Gasteiger partial charge in [-0.1, -0.05) is 11.3 Å². The van der Waals surface area contributed by atoms with Crippen LogP contribution in [0.1, 0.15) is 22.3 Å². The molecule has 2 aromatic rings. The molecular formula is C18H21FN4O5S2. The van der Waals surface area contributed by atoms with Crippen molar-refractivity contribution in [1.29, 1.82) is 0 Å². The Morgan fingerprint density at radius 2 is 1.77 bits per heavy atom. The van der Waals surface area contributed by atoms with Gasteiger partial charge in [-0.2, -0.15) is 0 Å². The number of nitrogens with one attached hydrogen (secondary N) is 1. The summed E-state index contributed by atoms with van der Waals surface area (Å²) in [5.41, 5.74) is 0.398. The Hall–Kier alpha value is -2.73. The third-order valence-corrected chi connectivity index (χ3v) is 6.97. The molecule has 0 bridgehead atoms. The van der Waals surface area contributed by atoms with Gasteiger partial charge in [-0.3, -0.25) is 9.52 Å². The summed E-state index contributed by atoms with van der Waals surface area (Å²) < 4.78 is 45.2. The van der Waals surface area contributed by atoms with Gasteiger partial charge in [-0.15, -0.1) is 0 Å². The number of aromatic nitrogens is 1. The molecule has 162 valence electrons. The molecule has 0 saturated carbocycles. The molecule has 2 heterocycles. The molecule has 1 fully saturated rings. The highest BCUT2D eigenvalue weighted by Gasteiger charge is 2.28. The summed E-state index contributed by atoms with van der Waals surface area (Å²) in [6.07, 6.45) is -0.406. The molecule has 1 aromatic heterocycles. The van der Waals surface area contributed by atoms with E-state index in [0.29, 0.717) is 36.8 Å². The number of sulfonamides is 1. The van der Waals surface area contributed by atoms with Crippen molar-refractivity contribution in [2.45, 2.75) is 18.7 Å². The lowest BCUT2D eigenvalue weighted by molar-refractivity contribution is 0.0573. The van der Waals surface area contributed by atoms with E-state index in [2.05, 4.69) is 9.71 Å². The average Bonchev–Trinajstić information content (AvgIpc) is 3.07. The first-order valence-corrected chi connectivity index (χ1v) is 11.5. The van der Waals surface area contributed by atoms with Crippen molar-refractivity contribution in [1.82, 2.24) is 14.8 Å². The molecular weight excluding hydrogens is 435 g/mol. The molecule has 1 aliphatic heterocycles. The highest BCUT2D eigenvalue weighted by Crippen LogP contribution is 2.27. The molecule has 2 amide bonds. The summed E-state index contributed by atoms with van der Waals surface area (Å²) in [6, 6.07) is 4.39. The first kappa shape index (κ1) is 22.0. The maximum atomic E-state index is 13.0. The Morgan fingerprint density at radius 3 is 2.37 bits per heavy atom. The van der Waals surface area contributed by atoms with Crippen LogP contribution in [0.15, 0.2) is 29.2 Å². The molecule has 1 saturated heterocycles. The predicted octanol–water partition coefficient (Wildman–Crippen LogP) is 2.31. The number of carbonyl (C=O) groups excluding carboxylic acids is 2. The Balaban J connectivity index is 1.68. The zero-order valence-corrected chi connectivity index (χ0v) is 18.1. The van der Waals surface area contributed by atoms with E-state index < -0.39 is 21.9 Å². The molecule has 0 spiro atoms. The van der Waals surface area contributed by atoms with E-state index in [9.17, 15) is 22.4 Å². The van der Waals surface area contributed by atoms with Crippen LogP contribution in [0.4, 0.5) is 14.3 Å². The standard InChI is InChI=1S/C18H21FN4O5S2/c1-3-28-18(25)23-10-8-22(9-11-23)16(24)15-12(2)20-17(29-15)21-30(26,27)14-6-4-13(19)5-7-14/h4-7H,3,8-11H2,1-2H3,(H,20,21). The van der Waals surface area contributed by atoms with Crippen molar-refractivity contribution in [2.24, 2.45) is 0 Å². The Kier molecular flexibility index (Phi) is 6.56. The maximum absolute atomic E-state index is 13.0. The number of amides is 2. The zero-order chi connectivity index (χ0) is 21.9. The molecule has 0 aliphatic carbocycles. The molecule has 0 radical (unpaired) electrons. The Morgan fingerprint density at radius 1 is 1.17 bits per heavy atom. The number of anilines is 1. The van der Waals surface area contributed by atoms with E-state index in [1.165, 1.54) is 4.90 Å². The first-order valence-electron chi connectivity index (χ1n) is 9.18. The molecule has 1 aliphatic rings. The minimum Gasteiger partial charge on any atom is -0.450 e. The van der Waals surface area contributed by atoms with Crippen molar-refractivity contribution in [3.8, 4) is 0 Å². The predicted molar refractivity (Wildman–Crippen MR) is 109 cm³/mol. The van der Waals surface area contributed by atoms with Crippen LogP contribution in [0.25, 0.3) is 0 Å². The summed E-state index contributed by atoms with van der Waals surface area (Å²) >= 11 is 0.929. The van der Waals surface area contributed by atoms with Gasteiger partial charge in [0.1, 0.15) is 10.7 Å². The minimum atomic E-state index is -3.96. The van der Waals surface area contributed by atoms with Gasteiger partial charge in [0.2, 0.25) is 0 Å². The van der Waals surface area contributed by atoms with Crippen molar-refractivity contribution in [3.63, 3.8) is 0 Å². The maximum Gasteiger partial charge on any atom is 0.409 e. The van der Waals surface area contributed by atoms with Crippen LogP contribution in [-0.2, 0) is 14.8 Å². The summed E-state index contributed by atoms with van der Waals surface area (Å²) in [5, 5.41) is 0.0466. The van der Waals surface area contributed by atoms with E-state index in [1.807, 2.05) is 0 Å².